The molecule has 0 N–H and O–H groups in total. The van der Waals surface area contributed by atoms with Crippen LogP contribution in [0, 0.1) is 29.5 Å². The van der Waals surface area contributed by atoms with Crippen LogP contribution >= 0.6 is 0 Å². The number of rotatable bonds is 5. The van der Waals surface area contributed by atoms with Crippen molar-refractivity contribution in [2.45, 2.75) is 215 Å². The predicted molar refractivity (Wildman–Crippen MR) is 190 cm³/mol. The Morgan fingerprint density at radius 2 is 0.674 bits per heavy atom. The van der Waals surface area contributed by atoms with Crippen LogP contribution in [-0.2, 0) is 0 Å². The molecule has 0 aromatic heterocycles. The van der Waals surface area contributed by atoms with Crippen LogP contribution in [0.3, 0.4) is 0 Å². The van der Waals surface area contributed by atoms with Crippen molar-refractivity contribution in [3.63, 3.8) is 0 Å². The Kier molecular flexibility index (Phi) is 65.6. The van der Waals surface area contributed by atoms with Crippen LogP contribution in [-0.4, -0.2) is 12.4 Å². The summed E-state index contributed by atoms with van der Waals surface area (Å²) in [6.07, 6.45) is 0.521. The summed E-state index contributed by atoms with van der Waals surface area (Å²) in [6.45, 7) is 39.0. The third-order valence-corrected chi connectivity index (χ3v) is 3.60. The minimum Gasteiger partial charge on any atom is -0.171 e. The first-order valence-electron chi connectivity index (χ1n) is 18.6. The van der Waals surface area contributed by atoms with Gasteiger partial charge in [-0.1, -0.05) is 203 Å². The highest BCUT2D eigenvalue weighted by atomic mass is 19.4. The summed E-state index contributed by atoms with van der Waals surface area (Å²) < 4.78 is 94.8. The van der Waals surface area contributed by atoms with Crippen molar-refractivity contribution in [2.24, 2.45) is 29.5 Å². The molecule has 0 heterocycles. The molecule has 0 spiro atoms. The highest BCUT2D eigenvalue weighted by molar-refractivity contribution is 4.53. The van der Waals surface area contributed by atoms with Crippen molar-refractivity contribution >= 4 is 0 Å². The molecule has 0 nitrogen and oxygen atoms in total. The Morgan fingerprint density at radius 3 is 0.674 bits per heavy atom. The van der Waals surface area contributed by atoms with Gasteiger partial charge in [-0.15, -0.1) is 0 Å². The van der Waals surface area contributed by atoms with E-state index in [1.165, 1.54) is 44.9 Å². The lowest BCUT2D eigenvalue weighted by molar-refractivity contribution is -0.165. The predicted octanol–water partition coefficient (Wildman–Crippen LogP) is 17.0. The number of alkyl halides is 6. The smallest absolute Gasteiger partial charge is 0.171 e. The van der Waals surface area contributed by atoms with E-state index in [2.05, 4.69) is 83.1 Å². The Labute approximate surface area is 277 Å². The molecule has 0 bridgehead atoms. The molecule has 0 aromatic carbocycles. The van der Waals surface area contributed by atoms with Gasteiger partial charge in [0.05, 0.1) is 0 Å². The first-order chi connectivity index (χ1) is 20.5. The summed E-state index contributed by atoms with van der Waals surface area (Å²) in [7, 11) is 0. The number of hydrogen-bond donors (Lipinski definition) is 0. The van der Waals surface area contributed by atoms with Gasteiger partial charge in [-0.25, -0.2) is 0 Å². The number of unbranched alkanes of at least 4 members (excludes halogenated alkanes) is 3. The molecule has 0 amide bonds. The van der Waals surface area contributed by atoms with E-state index in [0.717, 1.165) is 39.5 Å². The summed E-state index contributed by atoms with van der Waals surface area (Å²) in [5.41, 5.74) is 0. The van der Waals surface area contributed by atoms with Crippen LogP contribution in [0.25, 0.3) is 0 Å². The molecule has 276 valence electrons. The first-order valence-corrected chi connectivity index (χ1v) is 16.6. The molecule has 0 saturated heterocycles. The van der Waals surface area contributed by atoms with Crippen molar-refractivity contribution < 1.29 is 31.8 Å². The molecule has 0 aliphatic rings. The van der Waals surface area contributed by atoms with Crippen LogP contribution < -0.4 is 0 Å². The van der Waals surface area contributed by atoms with Gasteiger partial charge in [0, 0.05) is 17.3 Å². The van der Waals surface area contributed by atoms with Crippen LogP contribution in [0.4, 0.5) is 26.3 Å². The summed E-state index contributed by atoms with van der Waals surface area (Å²) in [6, 6.07) is 0. The highest BCUT2D eigenvalue weighted by Crippen LogP contribution is 2.24. The summed E-state index contributed by atoms with van der Waals surface area (Å²) in [5, 5.41) is 0. The van der Waals surface area contributed by atoms with Gasteiger partial charge >= 0.3 is 12.4 Å². The second kappa shape index (κ2) is 54.1. The molecule has 0 unspecified atom stereocenters. The van der Waals surface area contributed by atoms with Crippen LogP contribution in [0.1, 0.15) is 209 Å². The molecule has 0 fully saturated rings. The normalized spacial score (nSPS) is 12.0. The molecule has 6 heteroatoms. The molecule has 0 saturated carbocycles. The molecule has 0 aliphatic carbocycles. The van der Waals surface area contributed by atoms with Crippen molar-refractivity contribution in [1.29, 1.82) is 0 Å². The minimum atomic E-state index is -4.40. The fourth-order valence-corrected chi connectivity index (χ4v) is 0.354. The first kappa shape index (κ1) is 52.1. The van der Waals surface area contributed by atoms with E-state index in [9.17, 15) is 26.3 Å². The molecule has 0 aromatic rings. The van der Waals surface area contributed by atoms with Gasteiger partial charge in [0.15, 0.2) is 0 Å². The molecule has 43 heavy (non-hydrogen) atoms. The lowest BCUT2D eigenvalue weighted by atomic mass is 10.2. The Hall–Kier alpha value is -0.420. The van der Waals surface area contributed by atoms with Crippen LogP contribution in [0.2, 0.25) is 0 Å². The fourth-order valence-electron chi connectivity index (χ4n) is 0.354. The van der Waals surface area contributed by atoms with Crippen LogP contribution in [0.5, 0.6) is 0 Å². The Balaban J connectivity index is -0.0000000501. The van der Waals surface area contributed by atoms with Gasteiger partial charge in [0.2, 0.25) is 0 Å². The quantitative estimate of drug-likeness (QED) is 0.260. The van der Waals surface area contributed by atoms with Crippen molar-refractivity contribution in [2.75, 3.05) is 0 Å². The van der Waals surface area contributed by atoms with Gasteiger partial charge < -0.3 is 0 Å². The Morgan fingerprint density at radius 1 is 0.512 bits per heavy atom. The number of halogens is 6. The lowest BCUT2D eigenvalue weighted by Gasteiger charge is -2.07. The Bertz CT molecular complexity index is 489. The summed E-state index contributed by atoms with van der Waals surface area (Å²) in [5.74, 6) is -2.05. The van der Waals surface area contributed by atoms with Gasteiger partial charge in [-0.3, -0.25) is 0 Å². The molecular formula is C37H86F6. The van der Waals surface area contributed by atoms with E-state index < -0.39 is 30.5 Å². The second-order valence-electron chi connectivity index (χ2n) is 12.0. The van der Waals surface area contributed by atoms with Crippen molar-refractivity contribution in [3.05, 3.63) is 0 Å². The van der Waals surface area contributed by atoms with E-state index in [1.54, 1.807) is 6.92 Å². The zero-order valence-electron chi connectivity index (χ0n) is 37.2. The van der Waals surface area contributed by atoms with E-state index in [-0.39, 0.29) is 5.89 Å². The average molecular weight is 649 g/mol. The molecule has 0 aliphatic heterocycles. The zero-order chi connectivity index (χ0) is 40.9. The lowest BCUT2D eigenvalue weighted by Crippen LogP contribution is -2.15. The largest absolute Gasteiger partial charge is 0.391 e. The maximum Gasteiger partial charge on any atom is 0.391 e. The fraction of sp³-hybridized carbons (Fsp3) is 1.00. The molecular weight excluding hydrogens is 558 g/mol. The topological polar surface area (TPSA) is 0 Å². The third-order valence-electron chi connectivity index (χ3n) is 3.60. The van der Waals surface area contributed by atoms with Crippen molar-refractivity contribution in [1.82, 2.24) is 0 Å². The standard InChI is InChI=1S/2C5H12.2C4H7F3.4C4H10.C3H8/c1-4-5(2)3;1-3-5-4-2;2*1-3(2)4(5,6)7;2*1-4(2)3;2*1-3-4-2;1-3-2/h5H,4H2,1-3H3;3-5H2,1-2H3;2*3H,1-2H3;2*4H,1-3H3;2*3-4H2,1-2H3;3H2,1-2H3/i;;3D;;4D;;3D2;;. The molecule has 0 atom stereocenters. The zero-order valence-corrected chi connectivity index (χ0v) is 33.2. The summed E-state index contributed by atoms with van der Waals surface area (Å²) >= 11 is 0. The maximum atomic E-state index is 11.4. The van der Waals surface area contributed by atoms with E-state index in [1.807, 2.05) is 27.7 Å². The minimum absolute atomic E-state index is 0.250. The van der Waals surface area contributed by atoms with Gasteiger partial charge in [0.1, 0.15) is 0 Å². The van der Waals surface area contributed by atoms with E-state index >= 15 is 0 Å². The van der Waals surface area contributed by atoms with E-state index in [4.69, 9.17) is 5.48 Å². The second-order valence-corrected chi connectivity index (χ2v) is 12.0. The summed E-state index contributed by atoms with van der Waals surface area (Å²) in [4.78, 5) is 0. The van der Waals surface area contributed by atoms with Gasteiger partial charge in [0.25, 0.3) is 0 Å². The maximum absolute atomic E-state index is 11.4. The third kappa shape index (κ3) is 211. The SMILES string of the molecule is CC(C)C.CC(C)C(F)(F)F.CCC.CCC(C)C.CCCC.CCCCC.[2H]C(C)(C)C.[2H]C(C)(C)C(F)(F)F.[2H]C([2H])(C)CC. The molecule has 0 radical (unpaired) electrons. The average Bonchev–Trinajstić information content (AvgIpc) is 2.83. The van der Waals surface area contributed by atoms with E-state index in [0.29, 0.717) is 6.42 Å². The van der Waals surface area contributed by atoms with Crippen molar-refractivity contribution in [3.8, 4) is 0 Å². The van der Waals surface area contributed by atoms with Gasteiger partial charge in [-0.2, -0.15) is 26.3 Å². The monoisotopic (exact) mass is 649 g/mol. The van der Waals surface area contributed by atoms with Crippen LogP contribution in [0.15, 0.2) is 0 Å². The number of hydrogen-bond acceptors (Lipinski definition) is 0. The highest BCUT2D eigenvalue weighted by Gasteiger charge is 2.32. The van der Waals surface area contributed by atoms with Gasteiger partial charge in [-0.05, 0) is 17.7 Å². The molecule has 0 rings (SSSR count).